The molecule has 0 saturated heterocycles. The molecule has 0 fully saturated rings. The summed E-state index contributed by atoms with van der Waals surface area (Å²) in [5.41, 5.74) is 2.90. The number of aromatic carboxylic acids is 1. The van der Waals surface area contributed by atoms with Gasteiger partial charge in [0.1, 0.15) is 5.58 Å². The van der Waals surface area contributed by atoms with Crippen LogP contribution in [0.3, 0.4) is 0 Å². The van der Waals surface area contributed by atoms with Crippen LogP contribution in [0, 0.1) is 0 Å². The number of nitrogens with zero attached hydrogens (tertiary/aromatic N) is 1. The van der Waals surface area contributed by atoms with E-state index in [1.54, 1.807) is 30.3 Å². The lowest BCUT2D eigenvalue weighted by molar-refractivity contribution is -0.130. The van der Waals surface area contributed by atoms with Crippen LogP contribution >= 0.6 is 0 Å². The quantitative estimate of drug-likeness (QED) is 0.299. The number of fused-ring (bicyclic) bond motifs is 1. The number of hydrogen-bond donors (Lipinski definition) is 2. The normalized spacial score (nSPS) is 15.9. The van der Waals surface area contributed by atoms with Crippen molar-refractivity contribution in [2.24, 2.45) is 0 Å². The fourth-order valence-electron chi connectivity index (χ4n) is 4.74. The number of carboxylic acids is 1. The Balaban J connectivity index is 1.57. The predicted octanol–water partition coefficient (Wildman–Crippen LogP) is 6.21. The van der Waals surface area contributed by atoms with E-state index in [0.717, 1.165) is 10.9 Å². The van der Waals surface area contributed by atoms with E-state index in [-0.39, 0.29) is 28.9 Å². The van der Waals surface area contributed by atoms with Crippen LogP contribution in [0.2, 0.25) is 0 Å². The number of carboxylic acid groups (broad SMARTS) is 1. The second kappa shape index (κ2) is 9.34. The Morgan fingerprint density at radius 1 is 0.947 bits per heavy atom. The van der Waals surface area contributed by atoms with Crippen molar-refractivity contribution in [2.75, 3.05) is 0 Å². The Morgan fingerprint density at radius 3 is 2.21 bits per heavy atom. The lowest BCUT2D eigenvalue weighted by Gasteiger charge is -2.28. The first kappa shape index (κ1) is 25.0. The van der Waals surface area contributed by atoms with Crippen LogP contribution in [0.15, 0.2) is 94.6 Å². The molecule has 4 aromatic rings. The van der Waals surface area contributed by atoms with E-state index in [1.165, 1.54) is 17.0 Å². The number of para-hydroxylation sites is 1. The van der Waals surface area contributed by atoms with Crippen LogP contribution in [0.5, 0.6) is 0 Å². The van der Waals surface area contributed by atoms with Crippen molar-refractivity contribution in [3.8, 4) is 0 Å². The van der Waals surface area contributed by atoms with Crippen molar-refractivity contribution in [1.82, 2.24) is 4.90 Å². The molecule has 0 saturated carbocycles. The Hall–Kier alpha value is -4.65. The van der Waals surface area contributed by atoms with E-state index in [9.17, 15) is 24.6 Å². The molecule has 1 aliphatic rings. The summed E-state index contributed by atoms with van der Waals surface area (Å²) in [5.74, 6) is -2.90. The van der Waals surface area contributed by atoms with Crippen molar-refractivity contribution in [1.29, 1.82) is 0 Å². The van der Waals surface area contributed by atoms with Crippen molar-refractivity contribution in [2.45, 2.75) is 38.8 Å². The van der Waals surface area contributed by atoms with Crippen molar-refractivity contribution in [3.63, 3.8) is 0 Å². The Bertz CT molecular complexity index is 1550. The molecule has 7 heteroatoms. The number of aliphatic hydroxyl groups excluding tert-OH is 1. The fourth-order valence-corrected chi connectivity index (χ4v) is 4.74. The van der Waals surface area contributed by atoms with E-state index >= 15 is 0 Å². The molecule has 3 aromatic carbocycles. The average molecular weight is 510 g/mol. The maximum Gasteiger partial charge on any atom is 0.335 e. The Labute approximate surface area is 219 Å². The highest BCUT2D eigenvalue weighted by atomic mass is 16.4. The standard InChI is InChI=1S/C31H27NO6/c1-31(2,3)22-14-12-19(13-15-22)26-25(27(33)24-16-21-6-4-5-7-23(21)38-24)28(34)29(35)32(26)17-18-8-10-20(11-9-18)30(36)37/h4-16,26,34H,17H2,1-3H3,(H,36,37). The first-order valence-electron chi connectivity index (χ1n) is 12.2. The Morgan fingerprint density at radius 2 is 1.61 bits per heavy atom. The SMILES string of the molecule is CC(C)(C)c1ccc(C2C(C(=O)c3cc4ccccc4o3)=C(O)C(=O)N2Cc2ccc(C(=O)O)cc2)cc1. The van der Waals surface area contributed by atoms with Gasteiger partial charge in [0.15, 0.2) is 11.5 Å². The molecule has 1 unspecified atom stereocenters. The van der Waals surface area contributed by atoms with Crippen molar-refractivity contribution < 1.29 is 29.0 Å². The summed E-state index contributed by atoms with van der Waals surface area (Å²) in [7, 11) is 0. The van der Waals surface area contributed by atoms with Crippen LogP contribution in [-0.4, -0.2) is 32.8 Å². The molecule has 0 spiro atoms. The van der Waals surface area contributed by atoms with Crippen LogP contribution in [0.25, 0.3) is 11.0 Å². The molecule has 0 bridgehead atoms. The van der Waals surface area contributed by atoms with Gasteiger partial charge in [0.05, 0.1) is 17.2 Å². The molecule has 0 radical (unpaired) electrons. The number of carbonyl (C=O) groups is 3. The minimum Gasteiger partial charge on any atom is -0.503 e. The number of ketones is 1. The smallest absolute Gasteiger partial charge is 0.335 e. The minimum absolute atomic E-state index is 0.0320. The molecular formula is C31H27NO6. The highest BCUT2D eigenvalue weighted by Gasteiger charge is 2.44. The number of furan rings is 1. The van der Waals surface area contributed by atoms with Crippen LogP contribution in [-0.2, 0) is 16.8 Å². The van der Waals surface area contributed by atoms with Crippen molar-refractivity contribution >= 4 is 28.6 Å². The highest BCUT2D eigenvalue weighted by molar-refractivity contribution is 6.16. The monoisotopic (exact) mass is 509 g/mol. The summed E-state index contributed by atoms with van der Waals surface area (Å²) < 4.78 is 5.78. The van der Waals surface area contributed by atoms with E-state index in [0.29, 0.717) is 16.7 Å². The second-order valence-electron chi connectivity index (χ2n) is 10.4. The maximum atomic E-state index is 13.7. The molecule has 38 heavy (non-hydrogen) atoms. The van der Waals surface area contributed by atoms with Gasteiger partial charge in [-0.15, -0.1) is 0 Å². The molecule has 2 heterocycles. The number of amides is 1. The third-order valence-electron chi connectivity index (χ3n) is 6.84. The average Bonchev–Trinajstić information content (AvgIpc) is 3.43. The Kier molecular flexibility index (Phi) is 6.15. The summed E-state index contributed by atoms with van der Waals surface area (Å²) in [4.78, 5) is 39.8. The highest BCUT2D eigenvalue weighted by Crippen LogP contribution is 2.41. The van der Waals surface area contributed by atoms with E-state index in [2.05, 4.69) is 20.8 Å². The van der Waals surface area contributed by atoms with E-state index in [4.69, 9.17) is 4.42 Å². The molecule has 5 rings (SSSR count). The van der Waals surface area contributed by atoms with Gasteiger partial charge in [-0.3, -0.25) is 9.59 Å². The van der Waals surface area contributed by atoms with Gasteiger partial charge < -0.3 is 19.5 Å². The second-order valence-corrected chi connectivity index (χ2v) is 10.4. The summed E-state index contributed by atoms with van der Waals surface area (Å²) in [6.07, 6.45) is 0. The number of carbonyl (C=O) groups excluding carboxylic acids is 2. The van der Waals surface area contributed by atoms with Gasteiger partial charge in [-0.05, 0) is 46.4 Å². The van der Waals surface area contributed by atoms with E-state index in [1.807, 2.05) is 36.4 Å². The van der Waals surface area contributed by atoms with Gasteiger partial charge in [0.25, 0.3) is 5.91 Å². The number of hydrogen-bond acceptors (Lipinski definition) is 5. The van der Waals surface area contributed by atoms with Gasteiger partial charge >= 0.3 is 5.97 Å². The lowest BCUT2D eigenvalue weighted by Crippen LogP contribution is -2.30. The molecule has 1 amide bonds. The maximum absolute atomic E-state index is 13.7. The zero-order valence-electron chi connectivity index (χ0n) is 21.3. The number of benzene rings is 3. The zero-order valence-corrected chi connectivity index (χ0v) is 21.3. The summed E-state index contributed by atoms with van der Waals surface area (Å²) >= 11 is 0. The molecule has 192 valence electrons. The fraction of sp³-hybridized carbons (Fsp3) is 0.194. The summed E-state index contributed by atoms with van der Waals surface area (Å²) in [6.45, 7) is 6.34. The third-order valence-corrected chi connectivity index (χ3v) is 6.84. The molecule has 1 aromatic heterocycles. The van der Waals surface area contributed by atoms with Crippen LogP contribution in [0.4, 0.5) is 0 Å². The number of rotatable bonds is 6. The molecule has 1 atom stereocenters. The van der Waals surface area contributed by atoms with Crippen LogP contribution in [0.1, 0.15) is 64.4 Å². The number of aliphatic hydroxyl groups is 1. The number of Topliss-reactive ketones (excluding diaryl/α,β-unsaturated/α-hetero) is 1. The molecule has 1 aliphatic heterocycles. The van der Waals surface area contributed by atoms with E-state index < -0.39 is 29.5 Å². The molecule has 0 aliphatic carbocycles. The van der Waals surface area contributed by atoms with Gasteiger partial charge in [-0.25, -0.2) is 4.79 Å². The van der Waals surface area contributed by atoms with Gasteiger partial charge in [-0.2, -0.15) is 0 Å². The summed E-state index contributed by atoms with van der Waals surface area (Å²) in [6, 6.07) is 21.7. The van der Waals surface area contributed by atoms with Gasteiger partial charge in [0, 0.05) is 11.9 Å². The third kappa shape index (κ3) is 4.47. The molecule has 7 nitrogen and oxygen atoms in total. The molecular weight excluding hydrogens is 482 g/mol. The first-order chi connectivity index (χ1) is 18.0. The zero-order chi connectivity index (χ0) is 27.2. The molecule has 2 N–H and O–H groups in total. The van der Waals surface area contributed by atoms with Gasteiger partial charge in [-0.1, -0.05) is 75.4 Å². The summed E-state index contributed by atoms with van der Waals surface area (Å²) in [5, 5.41) is 20.9. The lowest BCUT2D eigenvalue weighted by atomic mass is 9.85. The topological polar surface area (TPSA) is 108 Å². The largest absolute Gasteiger partial charge is 0.503 e. The van der Waals surface area contributed by atoms with Crippen LogP contribution < -0.4 is 0 Å². The predicted molar refractivity (Wildman–Crippen MR) is 142 cm³/mol. The first-order valence-corrected chi connectivity index (χ1v) is 12.2. The van der Waals surface area contributed by atoms with Gasteiger partial charge in [0.2, 0.25) is 5.78 Å². The van der Waals surface area contributed by atoms with Crippen molar-refractivity contribution in [3.05, 3.63) is 118 Å². The minimum atomic E-state index is -1.05.